The first-order valence-electron chi connectivity index (χ1n) is 7.11. The fourth-order valence-corrected chi connectivity index (χ4v) is 3.08. The van der Waals surface area contributed by atoms with Gasteiger partial charge in [0, 0.05) is 5.92 Å². The van der Waals surface area contributed by atoms with E-state index >= 15 is 0 Å². The lowest BCUT2D eigenvalue weighted by atomic mass is 9.68. The Morgan fingerprint density at radius 3 is 2.35 bits per heavy atom. The van der Waals surface area contributed by atoms with E-state index in [1.54, 1.807) is 0 Å². The fourth-order valence-electron chi connectivity index (χ4n) is 3.08. The van der Waals surface area contributed by atoms with Gasteiger partial charge in [-0.25, -0.2) is 8.78 Å². The Labute approximate surface area is 116 Å². The number of hydrogen-bond donors (Lipinski definition) is 1. The van der Waals surface area contributed by atoms with Crippen LogP contribution in [0.5, 0.6) is 0 Å². The molecule has 0 aromatic rings. The Kier molecular flexibility index (Phi) is 3.61. The molecule has 1 aliphatic heterocycles. The van der Waals surface area contributed by atoms with E-state index in [4.69, 9.17) is 14.2 Å². The average Bonchev–Trinajstić information content (AvgIpc) is 2.46. The number of ether oxygens (including phenoxy) is 3. The summed E-state index contributed by atoms with van der Waals surface area (Å²) in [5, 5.41) is 9.94. The Balaban J connectivity index is 1.65. The van der Waals surface area contributed by atoms with Gasteiger partial charge in [0.25, 0.3) is 0 Å². The molecule has 4 aliphatic rings. The molecular formula is C14H20F2O4. The molecule has 4 nitrogen and oxygen atoms in total. The summed E-state index contributed by atoms with van der Waals surface area (Å²) in [6.07, 6.45) is 0.419. The van der Waals surface area contributed by atoms with E-state index in [0.29, 0.717) is 19.1 Å². The summed E-state index contributed by atoms with van der Waals surface area (Å²) in [6, 6.07) is 0. The highest BCUT2D eigenvalue weighted by molar-refractivity contribution is 5.30. The second-order valence-corrected chi connectivity index (χ2v) is 6.17. The summed E-state index contributed by atoms with van der Waals surface area (Å²) in [6.45, 7) is 3.24. The number of rotatable bonds is 3. The van der Waals surface area contributed by atoms with E-state index < -0.39 is 29.1 Å². The van der Waals surface area contributed by atoms with Gasteiger partial charge < -0.3 is 19.3 Å². The molecule has 6 heteroatoms. The minimum atomic E-state index is -1.62. The van der Waals surface area contributed by atoms with E-state index in [2.05, 4.69) is 0 Å². The summed E-state index contributed by atoms with van der Waals surface area (Å²) in [5.74, 6) is -1.69. The molecule has 114 valence electrons. The molecule has 0 amide bonds. The number of halogens is 2. The van der Waals surface area contributed by atoms with Gasteiger partial charge in [0.05, 0.1) is 19.8 Å². The van der Waals surface area contributed by atoms with Gasteiger partial charge in [0.15, 0.2) is 17.9 Å². The van der Waals surface area contributed by atoms with Crippen LogP contribution in [0.3, 0.4) is 0 Å². The maximum atomic E-state index is 14.1. The highest BCUT2D eigenvalue weighted by Crippen LogP contribution is 2.53. The van der Waals surface area contributed by atoms with Gasteiger partial charge in [-0.05, 0) is 25.7 Å². The molecule has 1 N–H and O–H groups in total. The topological polar surface area (TPSA) is 47.9 Å². The van der Waals surface area contributed by atoms with E-state index in [1.165, 1.54) is 0 Å². The van der Waals surface area contributed by atoms with Crippen LogP contribution in [0.2, 0.25) is 0 Å². The van der Waals surface area contributed by atoms with Crippen molar-refractivity contribution in [2.24, 2.45) is 5.92 Å². The second-order valence-electron chi connectivity index (χ2n) is 6.17. The van der Waals surface area contributed by atoms with Gasteiger partial charge in [0.1, 0.15) is 11.2 Å². The Bertz CT molecular complexity index is 407. The fraction of sp³-hybridized carbons (Fsp3) is 0.857. The lowest BCUT2D eigenvalue weighted by Crippen LogP contribution is -2.52. The van der Waals surface area contributed by atoms with Crippen LogP contribution in [0.1, 0.15) is 32.6 Å². The monoisotopic (exact) mass is 290 g/mol. The molecular weight excluding hydrogens is 270 g/mol. The van der Waals surface area contributed by atoms with Crippen molar-refractivity contribution in [3.8, 4) is 0 Å². The molecule has 2 bridgehead atoms. The van der Waals surface area contributed by atoms with Crippen LogP contribution in [0.15, 0.2) is 11.7 Å². The first-order chi connectivity index (χ1) is 9.45. The summed E-state index contributed by atoms with van der Waals surface area (Å²) in [5.41, 5.74) is -2.87. The van der Waals surface area contributed by atoms with Crippen LogP contribution < -0.4 is 0 Å². The summed E-state index contributed by atoms with van der Waals surface area (Å²) in [4.78, 5) is 0. The highest BCUT2D eigenvalue weighted by Gasteiger charge is 2.56. The smallest absolute Gasteiger partial charge is 0.180 e. The molecule has 3 aliphatic carbocycles. The molecule has 4 rings (SSSR count). The molecule has 2 fully saturated rings. The van der Waals surface area contributed by atoms with Crippen molar-refractivity contribution in [1.29, 1.82) is 0 Å². The van der Waals surface area contributed by atoms with Crippen molar-refractivity contribution < 1.29 is 28.1 Å². The van der Waals surface area contributed by atoms with Crippen molar-refractivity contribution in [3.05, 3.63) is 11.7 Å². The maximum absolute atomic E-state index is 14.1. The summed E-state index contributed by atoms with van der Waals surface area (Å²) in [7, 11) is 0. The van der Waals surface area contributed by atoms with Crippen LogP contribution in [0.25, 0.3) is 0 Å². The van der Waals surface area contributed by atoms with Crippen LogP contribution in [0, 0.1) is 5.92 Å². The third-order valence-electron chi connectivity index (χ3n) is 4.52. The van der Waals surface area contributed by atoms with Gasteiger partial charge >= 0.3 is 0 Å². The zero-order valence-electron chi connectivity index (χ0n) is 11.5. The zero-order valence-corrected chi connectivity index (χ0v) is 11.5. The number of aliphatic hydroxyl groups is 1. The van der Waals surface area contributed by atoms with Crippen molar-refractivity contribution >= 4 is 0 Å². The molecule has 20 heavy (non-hydrogen) atoms. The Hall–Kier alpha value is -0.560. The lowest BCUT2D eigenvalue weighted by molar-refractivity contribution is -0.240. The molecule has 0 aromatic carbocycles. The quantitative estimate of drug-likeness (QED) is 0.866. The lowest BCUT2D eigenvalue weighted by Gasteiger charge is -2.48. The van der Waals surface area contributed by atoms with Gasteiger partial charge in [-0.15, -0.1) is 0 Å². The summed E-state index contributed by atoms with van der Waals surface area (Å²) >= 11 is 0. The predicted octanol–water partition coefficient (Wildman–Crippen LogP) is 2.22. The average molecular weight is 290 g/mol. The predicted molar refractivity (Wildman–Crippen MR) is 66.2 cm³/mol. The van der Waals surface area contributed by atoms with Crippen molar-refractivity contribution in [3.63, 3.8) is 0 Å². The SMILES string of the molecule is CC1COC(COC23CCC(O)(CC2)C(F)=C3F)OC1. The first kappa shape index (κ1) is 14.4. The summed E-state index contributed by atoms with van der Waals surface area (Å²) < 4.78 is 44.5. The molecule has 1 saturated heterocycles. The van der Waals surface area contributed by atoms with E-state index in [-0.39, 0.29) is 32.3 Å². The largest absolute Gasteiger partial charge is 0.383 e. The Morgan fingerprint density at radius 1 is 1.15 bits per heavy atom. The van der Waals surface area contributed by atoms with E-state index in [9.17, 15) is 13.9 Å². The third kappa shape index (κ3) is 2.28. The van der Waals surface area contributed by atoms with Crippen LogP contribution in [0.4, 0.5) is 8.78 Å². The number of hydrogen-bond acceptors (Lipinski definition) is 4. The minimum absolute atomic E-state index is 0.0752. The second kappa shape index (κ2) is 5.02. The third-order valence-corrected chi connectivity index (χ3v) is 4.52. The van der Waals surface area contributed by atoms with Crippen LogP contribution in [-0.4, -0.2) is 42.4 Å². The highest BCUT2D eigenvalue weighted by atomic mass is 19.2. The van der Waals surface area contributed by atoms with Gasteiger partial charge in [0.2, 0.25) is 0 Å². The molecule has 1 saturated carbocycles. The van der Waals surface area contributed by atoms with Crippen LogP contribution >= 0.6 is 0 Å². The van der Waals surface area contributed by atoms with Gasteiger partial charge in [-0.1, -0.05) is 6.92 Å². The normalized spacial score (nSPS) is 45.0. The van der Waals surface area contributed by atoms with E-state index in [0.717, 1.165) is 0 Å². The zero-order chi connectivity index (χ0) is 14.4. The molecule has 0 atom stereocenters. The van der Waals surface area contributed by atoms with Crippen molar-refractivity contribution in [2.45, 2.75) is 50.1 Å². The minimum Gasteiger partial charge on any atom is -0.383 e. The maximum Gasteiger partial charge on any atom is 0.180 e. The van der Waals surface area contributed by atoms with Crippen LogP contribution in [-0.2, 0) is 14.2 Å². The molecule has 0 aromatic heterocycles. The molecule has 0 unspecified atom stereocenters. The van der Waals surface area contributed by atoms with Crippen molar-refractivity contribution in [2.75, 3.05) is 19.8 Å². The molecule has 0 radical (unpaired) electrons. The number of fused-ring (bicyclic) bond motifs is 2. The van der Waals surface area contributed by atoms with Gasteiger partial charge in [-0.3, -0.25) is 0 Å². The standard InChI is InChI=1S/C14H20F2O4/c1-9-6-18-10(19-7-9)8-20-14-4-2-13(17,3-5-14)11(15)12(14)16/h9-10,17H,2-8H2,1H3. The van der Waals surface area contributed by atoms with E-state index in [1.807, 2.05) is 6.92 Å². The molecule has 1 heterocycles. The molecule has 0 spiro atoms. The Morgan fingerprint density at radius 2 is 1.75 bits per heavy atom. The van der Waals surface area contributed by atoms with Crippen molar-refractivity contribution in [1.82, 2.24) is 0 Å². The van der Waals surface area contributed by atoms with Gasteiger partial charge in [-0.2, -0.15) is 0 Å². The first-order valence-corrected chi connectivity index (χ1v) is 7.11.